The molecule has 0 aliphatic carbocycles. The molecule has 2 heterocycles. The average Bonchev–Trinajstić information content (AvgIpc) is 2.88. The fourth-order valence-corrected chi connectivity index (χ4v) is 2.89. The third-order valence-electron chi connectivity index (χ3n) is 3.41. The van der Waals surface area contributed by atoms with Crippen LogP contribution in [0.15, 0.2) is 28.7 Å². The van der Waals surface area contributed by atoms with Crippen LogP contribution >= 0.6 is 15.9 Å². The molecule has 3 N–H and O–H groups in total. The smallest absolute Gasteiger partial charge is 0.127 e. The topological polar surface area (TPSA) is 60.2 Å². The molecule has 0 spiro atoms. The van der Waals surface area contributed by atoms with Crippen molar-refractivity contribution in [3.05, 3.63) is 45.6 Å². The minimum atomic E-state index is 0.679. The second-order valence-electron chi connectivity index (χ2n) is 4.88. The van der Waals surface area contributed by atoms with Crippen LogP contribution in [-0.2, 0) is 13.0 Å². The maximum atomic E-state index is 5.77. The summed E-state index contributed by atoms with van der Waals surface area (Å²) in [5.41, 5.74) is 9.73. The fourth-order valence-electron chi connectivity index (χ4n) is 2.33. The Morgan fingerprint density at radius 1 is 1.40 bits per heavy atom. The Hall–Kier alpha value is -1.75. The van der Waals surface area contributed by atoms with Crippen molar-refractivity contribution in [1.29, 1.82) is 0 Å². The van der Waals surface area contributed by atoms with Crippen molar-refractivity contribution in [1.82, 2.24) is 4.98 Å². The van der Waals surface area contributed by atoms with Crippen LogP contribution in [0.1, 0.15) is 16.8 Å². The summed E-state index contributed by atoms with van der Waals surface area (Å²) in [5.74, 6) is 1.83. The number of nitrogen functional groups attached to an aromatic ring is 1. The van der Waals surface area contributed by atoms with Gasteiger partial charge in [-0.1, -0.05) is 15.9 Å². The van der Waals surface area contributed by atoms with E-state index in [-0.39, 0.29) is 0 Å². The van der Waals surface area contributed by atoms with Gasteiger partial charge in [-0.3, -0.25) is 0 Å². The SMILES string of the molecule is Cc1nc(NCc2cc(Br)cc3c2OCC3)ccc1N. The minimum Gasteiger partial charge on any atom is -0.493 e. The number of anilines is 2. The van der Waals surface area contributed by atoms with Crippen molar-refractivity contribution in [2.24, 2.45) is 0 Å². The van der Waals surface area contributed by atoms with Gasteiger partial charge < -0.3 is 15.8 Å². The van der Waals surface area contributed by atoms with Crippen LogP contribution in [0.3, 0.4) is 0 Å². The van der Waals surface area contributed by atoms with Crippen molar-refractivity contribution in [2.45, 2.75) is 19.9 Å². The van der Waals surface area contributed by atoms with Gasteiger partial charge in [-0.15, -0.1) is 0 Å². The molecule has 3 rings (SSSR count). The van der Waals surface area contributed by atoms with E-state index in [4.69, 9.17) is 10.5 Å². The number of hydrogen-bond donors (Lipinski definition) is 2. The summed E-state index contributed by atoms with van der Waals surface area (Å²) in [5, 5.41) is 3.32. The zero-order valence-electron chi connectivity index (χ0n) is 11.2. The summed E-state index contributed by atoms with van der Waals surface area (Å²) in [6.07, 6.45) is 0.973. The standard InChI is InChI=1S/C15H16BrN3O/c1-9-13(17)2-3-14(19-9)18-8-11-7-12(16)6-10-4-5-20-15(10)11/h2-3,6-7H,4-5,8,17H2,1H3,(H,18,19). The van der Waals surface area contributed by atoms with Crippen LogP contribution in [0.25, 0.3) is 0 Å². The van der Waals surface area contributed by atoms with E-state index in [1.807, 2.05) is 19.1 Å². The zero-order valence-corrected chi connectivity index (χ0v) is 12.8. The van der Waals surface area contributed by atoms with Crippen LogP contribution in [0.4, 0.5) is 11.5 Å². The van der Waals surface area contributed by atoms with Crippen LogP contribution < -0.4 is 15.8 Å². The molecule has 1 aliphatic rings. The summed E-state index contributed by atoms with van der Waals surface area (Å²) in [6, 6.07) is 7.96. The summed E-state index contributed by atoms with van der Waals surface area (Å²) >= 11 is 3.55. The maximum Gasteiger partial charge on any atom is 0.127 e. The highest BCUT2D eigenvalue weighted by Gasteiger charge is 2.17. The van der Waals surface area contributed by atoms with E-state index >= 15 is 0 Å². The number of aryl methyl sites for hydroxylation is 1. The molecule has 0 saturated carbocycles. The Morgan fingerprint density at radius 2 is 2.25 bits per heavy atom. The second-order valence-corrected chi connectivity index (χ2v) is 5.79. The van der Waals surface area contributed by atoms with Crippen molar-refractivity contribution in [2.75, 3.05) is 17.7 Å². The van der Waals surface area contributed by atoms with E-state index in [0.717, 1.165) is 40.3 Å². The fraction of sp³-hybridized carbons (Fsp3) is 0.267. The number of rotatable bonds is 3. The van der Waals surface area contributed by atoms with Gasteiger partial charge in [0, 0.05) is 23.0 Å². The average molecular weight is 334 g/mol. The number of ether oxygens (including phenoxy) is 1. The molecule has 0 fully saturated rings. The first kappa shape index (κ1) is 13.2. The normalized spacial score (nSPS) is 12.9. The van der Waals surface area contributed by atoms with E-state index in [0.29, 0.717) is 12.2 Å². The van der Waals surface area contributed by atoms with Crippen molar-refractivity contribution in [3.8, 4) is 5.75 Å². The molecule has 0 unspecified atom stereocenters. The molecule has 0 amide bonds. The lowest BCUT2D eigenvalue weighted by atomic mass is 10.1. The molecule has 20 heavy (non-hydrogen) atoms. The predicted molar refractivity (Wildman–Crippen MR) is 84.1 cm³/mol. The van der Waals surface area contributed by atoms with Crippen molar-refractivity contribution in [3.63, 3.8) is 0 Å². The largest absolute Gasteiger partial charge is 0.493 e. The Morgan fingerprint density at radius 3 is 3.05 bits per heavy atom. The van der Waals surface area contributed by atoms with Gasteiger partial charge in [-0.25, -0.2) is 4.98 Å². The first-order valence-corrected chi connectivity index (χ1v) is 7.34. The number of aromatic nitrogens is 1. The third kappa shape index (κ3) is 2.58. The number of pyridine rings is 1. The first-order valence-electron chi connectivity index (χ1n) is 6.54. The van der Waals surface area contributed by atoms with Gasteiger partial charge in [0.25, 0.3) is 0 Å². The summed E-state index contributed by atoms with van der Waals surface area (Å²) in [6.45, 7) is 3.34. The quantitative estimate of drug-likeness (QED) is 0.904. The molecule has 0 radical (unpaired) electrons. The van der Waals surface area contributed by atoms with Gasteiger partial charge >= 0.3 is 0 Å². The van der Waals surface area contributed by atoms with Gasteiger partial charge in [0.05, 0.1) is 18.0 Å². The third-order valence-corrected chi connectivity index (χ3v) is 3.87. The molecule has 4 nitrogen and oxygen atoms in total. The van der Waals surface area contributed by atoms with Crippen LogP contribution in [0, 0.1) is 6.92 Å². The predicted octanol–water partition coefficient (Wildman–Crippen LogP) is 3.28. The van der Waals surface area contributed by atoms with Crippen LogP contribution in [0.5, 0.6) is 5.75 Å². The van der Waals surface area contributed by atoms with Crippen molar-refractivity contribution >= 4 is 27.4 Å². The van der Waals surface area contributed by atoms with Crippen LogP contribution in [0.2, 0.25) is 0 Å². The van der Waals surface area contributed by atoms with Gasteiger partial charge in [0.2, 0.25) is 0 Å². The van der Waals surface area contributed by atoms with E-state index in [1.54, 1.807) is 0 Å². The summed E-state index contributed by atoms with van der Waals surface area (Å²) in [7, 11) is 0. The lowest BCUT2D eigenvalue weighted by molar-refractivity contribution is 0.354. The molecule has 1 aromatic heterocycles. The Kier molecular flexibility index (Phi) is 3.53. The molecule has 1 aromatic carbocycles. The van der Waals surface area contributed by atoms with E-state index in [1.165, 1.54) is 5.56 Å². The van der Waals surface area contributed by atoms with E-state index in [9.17, 15) is 0 Å². The number of hydrogen-bond acceptors (Lipinski definition) is 4. The number of halogens is 1. The van der Waals surface area contributed by atoms with Crippen molar-refractivity contribution < 1.29 is 4.74 Å². The van der Waals surface area contributed by atoms with Gasteiger partial charge in [-0.2, -0.15) is 0 Å². The highest BCUT2D eigenvalue weighted by atomic mass is 79.9. The lowest BCUT2D eigenvalue weighted by Gasteiger charge is -2.11. The zero-order chi connectivity index (χ0) is 14.1. The molecule has 104 valence electrons. The molecule has 0 bridgehead atoms. The molecule has 0 saturated heterocycles. The highest BCUT2D eigenvalue weighted by Crippen LogP contribution is 2.33. The van der Waals surface area contributed by atoms with Gasteiger partial charge in [0.15, 0.2) is 0 Å². The number of nitrogens with one attached hydrogen (secondary N) is 1. The second kappa shape index (κ2) is 5.32. The number of fused-ring (bicyclic) bond motifs is 1. The van der Waals surface area contributed by atoms with E-state index < -0.39 is 0 Å². The first-order chi connectivity index (χ1) is 9.63. The molecule has 5 heteroatoms. The van der Waals surface area contributed by atoms with E-state index in [2.05, 4.69) is 38.4 Å². The maximum absolute atomic E-state index is 5.77. The molecule has 0 atom stereocenters. The van der Waals surface area contributed by atoms with Gasteiger partial charge in [0.1, 0.15) is 11.6 Å². The summed E-state index contributed by atoms with van der Waals surface area (Å²) in [4.78, 5) is 4.42. The number of nitrogens with zero attached hydrogens (tertiary/aromatic N) is 1. The molecular weight excluding hydrogens is 318 g/mol. The molecule has 1 aliphatic heterocycles. The monoisotopic (exact) mass is 333 g/mol. The molecule has 2 aromatic rings. The number of benzene rings is 1. The number of nitrogens with two attached hydrogens (primary N) is 1. The molecular formula is C15H16BrN3O. The Bertz CT molecular complexity index is 658. The van der Waals surface area contributed by atoms with Crippen LogP contribution in [-0.4, -0.2) is 11.6 Å². The Labute approximate surface area is 126 Å². The summed E-state index contributed by atoms with van der Waals surface area (Å²) < 4.78 is 6.80. The Balaban J connectivity index is 1.80. The van der Waals surface area contributed by atoms with Gasteiger partial charge in [-0.05, 0) is 36.8 Å². The highest BCUT2D eigenvalue weighted by molar-refractivity contribution is 9.10. The minimum absolute atomic E-state index is 0.679. The lowest BCUT2D eigenvalue weighted by Crippen LogP contribution is -2.04.